The van der Waals surface area contributed by atoms with Gasteiger partial charge in [-0.2, -0.15) is 0 Å². The van der Waals surface area contributed by atoms with Crippen LogP contribution in [0.1, 0.15) is 15.9 Å². The van der Waals surface area contributed by atoms with Gasteiger partial charge >= 0.3 is 0 Å². The summed E-state index contributed by atoms with van der Waals surface area (Å²) >= 11 is 0. The Morgan fingerprint density at radius 3 is 2.33 bits per heavy atom. The van der Waals surface area contributed by atoms with Crippen LogP contribution in [0.4, 0.5) is 0 Å². The number of aldehydes is 1. The van der Waals surface area contributed by atoms with Gasteiger partial charge in [-0.1, -0.05) is 24.3 Å². The maximum absolute atomic E-state index is 10.2. The van der Waals surface area contributed by atoms with Gasteiger partial charge in [-0.05, 0) is 0 Å². The molecular formula is C8H7N3O. The molecule has 60 valence electrons. The normalized spacial score (nSPS) is 9.00. The Kier molecular flexibility index (Phi) is 2.42. The second-order valence-electron chi connectivity index (χ2n) is 2.20. The summed E-state index contributed by atoms with van der Waals surface area (Å²) in [7, 11) is 0. The van der Waals surface area contributed by atoms with Gasteiger partial charge in [0.2, 0.25) is 0 Å². The van der Waals surface area contributed by atoms with E-state index in [1.165, 1.54) is 0 Å². The monoisotopic (exact) mass is 161 g/mol. The Labute approximate surface area is 69.2 Å². The molecule has 0 unspecified atom stereocenters. The Balaban J connectivity index is 2.99. The van der Waals surface area contributed by atoms with Crippen molar-refractivity contribution >= 4 is 12.1 Å². The van der Waals surface area contributed by atoms with Crippen LogP contribution in [-0.2, 0) is 0 Å². The number of hydrogen-bond acceptors (Lipinski definition) is 3. The standard InChI is InChI=1S/C8H7N3O/c9-8(11-10)7-3-1-6(5-12)2-4-7/h1-5,9-10H. The zero-order valence-corrected chi connectivity index (χ0v) is 6.24. The van der Waals surface area contributed by atoms with E-state index in [0.717, 1.165) is 6.29 Å². The van der Waals surface area contributed by atoms with Gasteiger partial charge in [0.1, 0.15) is 6.29 Å². The van der Waals surface area contributed by atoms with Crippen LogP contribution in [0.2, 0.25) is 0 Å². The highest BCUT2D eigenvalue weighted by Crippen LogP contribution is 2.03. The minimum atomic E-state index is -0.104. The SMILES string of the molecule is N=NC(=N)c1ccc(C=O)cc1. The summed E-state index contributed by atoms with van der Waals surface area (Å²) in [5.41, 5.74) is 7.67. The number of rotatable bonds is 2. The predicted octanol–water partition coefficient (Wildman–Crippen LogP) is 1.86. The van der Waals surface area contributed by atoms with Crippen molar-refractivity contribution in [3.05, 3.63) is 35.4 Å². The number of carbonyl (C=O) groups is 1. The number of amidine groups is 1. The maximum atomic E-state index is 10.2. The van der Waals surface area contributed by atoms with Gasteiger partial charge < -0.3 is 0 Å². The molecule has 1 aromatic rings. The molecule has 1 rings (SSSR count). The second kappa shape index (κ2) is 3.52. The number of carbonyl (C=O) groups excluding carboxylic acids is 1. The molecule has 2 N–H and O–H groups in total. The van der Waals surface area contributed by atoms with Gasteiger partial charge in [0.15, 0.2) is 5.84 Å². The summed E-state index contributed by atoms with van der Waals surface area (Å²) in [6.07, 6.45) is 0.727. The van der Waals surface area contributed by atoms with E-state index in [2.05, 4.69) is 5.11 Å². The third-order valence-electron chi connectivity index (χ3n) is 1.43. The van der Waals surface area contributed by atoms with Crippen LogP contribution in [0.15, 0.2) is 29.4 Å². The fourth-order valence-corrected chi connectivity index (χ4v) is 0.784. The highest BCUT2D eigenvalue weighted by molar-refractivity contribution is 5.96. The summed E-state index contributed by atoms with van der Waals surface area (Å²) in [4.78, 5) is 10.2. The zero-order chi connectivity index (χ0) is 8.97. The van der Waals surface area contributed by atoms with Crippen molar-refractivity contribution in [1.29, 1.82) is 10.9 Å². The molecule has 0 amide bonds. The Hall–Kier alpha value is -1.84. The predicted molar refractivity (Wildman–Crippen MR) is 43.8 cm³/mol. The average Bonchev–Trinajstić information content (AvgIpc) is 2.17. The van der Waals surface area contributed by atoms with Crippen LogP contribution >= 0.6 is 0 Å². The second-order valence-corrected chi connectivity index (χ2v) is 2.20. The Morgan fingerprint density at radius 2 is 1.92 bits per heavy atom. The molecule has 12 heavy (non-hydrogen) atoms. The van der Waals surface area contributed by atoms with Crippen molar-refractivity contribution < 1.29 is 4.79 Å². The highest BCUT2D eigenvalue weighted by atomic mass is 16.1. The van der Waals surface area contributed by atoms with Gasteiger partial charge in [0.25, 0.3) is 0 Å². The van der Waals surface area contributed by atoms with Crippen LogP contribution in [-0.4, -0.2) is 12.1 Å². The molecule has 0 bridgehead atoms. The van der Waals surface area contributed by atoms with E-state index in [1.54, 1.807) is 24.3 Å². The van der Waals surface area contributed by atoms with Crippen molar-refractivity contribution in [2.24, 2.45) is 5.11 Å². The first-order chi connectivity index (χ1) is 5.77. The molecule has 0 radical (unpaired) electrons. The molecule has 0 saturated carbocycles. The van der Waals surface area contributed by atoms with E-state index in [4.69, 9.17) is 10.9 Å². The van der Waals surface area contributed by atoms with E-state index < -0.39 is 0 Å². The number of hydrogen-bond donors (Lipinski definition) is 2. The fraction of sp³-hybridized carbons (Fsp3) is 0. The van der Waals surface area contributed by atoms with Gasteiger partial charge in [0, 0.05) is 11.1 Å². The van der Waals surface area contributed by atoms with Crippen LogP contribution in [0, 0.1) is 10.9 Å². The van der Waals surface area contributed by atoms with E-state index in [9.17, 15) is 4.79 Å². The molecular weight excluding hydrogens is 154 g/mol. The molecule has 0 fully saturated rings. The largest absolute Gasteiger partial charge is 0.298 e. The first kappa shape index (κ1) is 8.26. The Morgan fingerprint density at radius 1 is 1.33 bits per heavy atom. The van der Waals surface area contributed by atoms with E-state index in [-0.39, 0.29) is 5.84 Å². The van der Waals surface area contributed by atoms with Crippen molar-refractivity contribution in [3.8, 4) is 0 Å². The van der Waals surface area contributed by atoms with Gasteiger partial charge in [-0.3, -0.25) is 10.2 Å². The lowest BCUT2D eigenvalue weighted by Gasteiger charge is -1.95. The molecule has 0 aliphatic heterocycles. The maximum Gasteiger partial charge on any atom is 0.173 e. The lowest BCUT2D eigenvalue weighted by molar-refractivity contribution is 0.112. The van der Waals surface area contributed by atoms with E-state index in [1.807, 2.05) is 0 Å². The third-order valence-corrected chi connectivity index (χ3v) is 1.43. The molecule has 0 heterocycles. The molecule has 0 aliphatic carbocycles. The molecule has 1 aromatic carbocycles. The minimum absolute atomic E-state index is 0.104. The minimum Gasteiger partial charge on any atom is -0.298 e. The first-order valence-electron chi connectivity index (χ1n) is 3.29. The van der Waals surface area contributed by atoms with Crippen molar-refractivity contribution in [3.63, 3.8) is 0 Å². The van der Waals surface area contributed by atoms with Crippen LogP contribution < -0.4 is 0 Å². The summed E-state index contributed by atoms with van der Waals surface area (Å²) in [5.74, 6) is -0.104. The zero-order valence-electron chi connectivity index (χ0n) is 6.24. The highest BCUT2D eigenvalue weighted by Gasteiger charge is 1.97. The summed E-state index contributed by atoms with van der Waals surface area (Å²) in [5, 5.41) is 10.1. The van der Waals surface area contributed by atoms with E-state index >= 15 is 0 Å². The molecule has 0 spiro atoms. The Bertz CT molecular complexity index is 316. The lowest BCUT2D eigenvalue weighted by Crippen LogP contribution is -1.93. The number of benzene rings is 1. The molecule has 0 aromatic heterocycles. The molecule has 0 atom stereocenters. The average molecular weight is 161 g/mol. The van der Waals surface area contributed by atoms with Crippen LogP contribution in [0.3, 0.4) is 0 Å². The quantitative estimate of drug-likeness (QED) is 0.295. The number of nitrogens with one attached hydrogen (secondary N) is 2. The summed E-state index contributed by atoms with van der Waals surface area (Å²) < 4.78 is 0. The van der Waals surface area contributed by atoms with Crippen molar-refractivity contribution in [2.75, 3.05) is 0 Å². The molecule has 0 saturated heterocycles. The van der Waals surface area contributed by atoms with E-state index in [0.29, 0.717) is 11.1 Å². The first-order valence-corrected chi connectivity index (χ1v) is 3.29. The lowest BCUT2D eigenvalue weighted by atomic mass is 10.1. The van der Waals surface area contributed by atoms with Gasteiger partial charge in [-0.15, -0.1) is 5.11 Å². The molecule has 4 heteroatoms. The molecule has 4 nitrogen and oxygen atoms in total. The van der Waals surface area contributed by atoms with Crippen molar-refractivity contribution in [2.45, 2.75) is 0 Å². The third kappa shape index (κ3) is 1.60. The van der Waals surface area contributed by atoms with Crippen molar-refractivity contribution in [1.82, 2.24) is 0 Å². The number of nitrogens with zero attached hydrogens (tertiary/aromatic N) is 1. The fourth-order valence-electron chi connectivity index (χ4n) is 0.784. The summed E-state index contributed by atoms with van der Waals surface area (Å²) in [6.45, 7) is 0. The summed E-state index contributed by atoms with van der Waals surface area (Å²) in [6, 6.07) is 6.35. The molecule has 0 aliphatic rings. The topological polar surface area (TPSA) is 77.1 Å². The van der Waals surface area contributed by atoms with Gasteiger partial charge in [-0.25, -0.2) is 5.53 Å². The smallest absolute Gasteiger partial charge is 0.173 e. The van der Waals surface area contributed by atoms with Crippen LogP contribution in [0.5, 0.6) is 0 Å². The van der Waals surface area contributed by atoms with Gasteiger partial charge in [0.05, 0.1) is 0 Å². The van der Waals surface area contributed by atoms with Crippen LogP contribution in [0.25, 0.3) is 0 Å².